The van der Waals surface area contributed by atoms with E-state index < -0.39 is 11.7 Å². The first-order valence-electron chi connectivity index (χ1n) is 9.48. The number of para-hydroxylation sites is 1. The number of benzene rings is 2. The van der Waals surface area contributed by atoms with Crippen molar-refractivity contribution in [3.05, 3.63) is 65.2 Å². The number of hydrogen-bond acceptors (Lipinski definition) is 3. The fourth-order valence-electron chi connectivity index (χ4n) is 3.22. The van der Waals surface area contributed by atoms with Gasteiger partial charge in [0.25, 0.3) is 0 Å². The molecule has 0 radical (unpaired) electrons. The molecule has 2 N–H and O–H groups in total. The van der Waals surface area contributed by atoms with E-state index in [2.05, 4.69) is 32.7 Å². The predicted octanol–water partition coefficient (Wildman–Crippen LogP) is 3.41. The summed E-state index contributed by atoms with van der Waals surface area (Å²) >= 11 is 0. The molecule has 0 amide bonds. The highest BCUT2D eigenvalue weighted by Crippen LogP contribution is 2.29. The Bertz CT molecular complexity index is 833. The standard InChI is InChI=1S/C21H25F3N4O/c1-25-20(26-14-16-5-4-7-18(13-16)21(22,23)24)27-15-17-6-2-3-8-19(17)28-9-11-29-12-10-28/h2-8,13H,9-12,14-15H2,1H3,(H2,25,26,27). The largest absolute Gasteiger partial charge is 0.416 e. The maximum Gasteiger partial charge on any atom is 0.416 e. The second kappa shape index (κ2) is 9.65. The third kappa shape index (κ3) is 5.87. The molecule has 0 atom stereocenters. The third-order valence-corrected chi connectivity index (χ3v) is 4.73. The molecule has 3 rings (SSSR count). The first-order chi connectivity index (χ1) is 14.0. The molecule has 156 valence electrons. The third-order valence-electron chi connectivity index (χ3n) is 4.73. The van der Waals surface area contributed by atoms with Gasteiger partial charge >= 0.3 is 6.18 Å². The number of hydrogen-bond donors (Lipinski definition) is 2. The molecule has 5 nitrogen and oxygen atoms in total. The Morgan fingerprint density at radius 3 is 2.48 bits per heavy atom. The van der Waals surface area contributed by atoms with Gasteiger partial charge in [0.2, 0.25) is 0 Å². The Morgan fingerprint density at radius 2 is 1.76 bits per heavy atom. The van der Waals surface area contributed by atoms with Gasteiger partial charge in [-0.2, -0.15) is 13.2 Å². The van der Waals surface area contributed by atoms with Crippen LogP contribution in [0.15, 0.2) is 53.5 Å². The van der Waals surface area contributed by atoms with Crippen LogP contribution in [0.4, 0.5) is 18.9 Å². The number of alkyl halides is 3. The summed E-state index contributed by atoms with van der Waals surface area (Å²) in [5.74, 6) is 0.527. The number of aliphatic imine (C=N–C) groups is 1. The Labute approximate surface area is 168 Å². The number of rotatable bonds is 5. The second-order valence-corrected chi connectivity index (χ2v) is 6.71. The number of nitrogens with zero attached hydrogens (tertiary/aromatic N) is 2. The molecule has 0 saturated carbocycles. The summed E-state index contributed by atoms with van der Waals surface area (Å²) in [5.41, 5.74) is 2.16. The molecule has 1 saturated heterocycles. The second-order valence-electron chi connectivity index (χ2n) is 6.71. The van der Waals surface area contributed by atoms with Crippen LogP contribution in [0.1, 0.15) is 16.7 Å². The maximum atomic E-state index is 12.9. The summed E-state index contributed by atoms with van der Waals surface area (Å²) in [6.45, 7) is 3.91. The summed E-state index contributed by atoms with van der Waals surface area (Å²) < 4.78 is 44.0. The van der Waals surface area contributed by atoms with Crippen LogP contribution >= 0.6 is 0 Å². The van der Waals surface area contributed by atoms with Gasteiger partial charge in [-0.05, 0) is 29.3 Å². The zero-order valence-corrected chi connectivity index (χ0v) is 16.3. The molecule has 1 aliphatic rings. The van der Waals surface area contributed by atoms with Crippen LogP contribution in [0.25, 0.3) is 0 Å². The van der Waals surface area contributed by atoms with Crippen LogP contribution in [0, 0.1) is 0 Å². The van der Waals surface area contributed by atoms with Gasteiger partial charge in [0, 0.05) is 38.9 Å². The van der Waals surface area contributed by atoms with Gasteiger partial charge in [-0.1, -0.05) is 30.3 Å². The number of ether oxygens (including phenoxy) is 1. The van der Waals surface area contributed by atoms with Gasteiger partial charge in [0.05, 0.1) is 18.8 Å². The van der Waals surface area contributed by atoms with E-state index in [0.717, 1.165) is 36.5 Å². The molecule has 1 aliphatic heterocycles. The van der Waals surface area contributed by atoms with Crippen molar-refractivity contribution in [2.75, 3.05) is 38.3 Å². The average molecular weight is 406 g/mol. The maximum absolute atomic E-state index is 12.9. The van der Waals surface area contributed by atoms with Gasteiger partial charge in [0.15, 0.2) is 5.96 Å². The summed E-state index contributed by atoms with van der Waals surface area (Å²) in [4.78, 5) is 6.46. The number of guanidine groups is 1. The first kappa shape index (κ1) is 21.0. The van der Waals surface area contributed by atoms with Crippen LogP contribution in [-0.4, -0.2) is 39.3 Å². The van der Waals surface area contributed by atoms with Crippen LogP contribution in [0.5, 0.6) is 0 Å². The quantitative estimate of drug-likeness (QED) is 0.590. The highest BCUT2D eigenvalue weighted by atomic mass is 19.4. The van der Waals surface area contributed by atoms with Gasteiger partial charge in [0.1, 0.15) is 0 Å². The highest BCUT2D eigenvalue weighted by Gasteiger charge is 2.30. The van der Waals surface area contributed by atoms with Crippen molar-refractivity contribution in [2.24, 2.45) is 4.99 Å². The van der Waals surface area contributed by atoms with Gasteiger partial charge in [-0.25, -0.2) is 0 Å². The van der Waals surface area contributed by atoms with Crippen molar-refractivity contribution in [3.8, 4) is 0 Å². The van der Waals surface area contributed by atoms with Crippen LogP contribution in [-0.2, 0) is 24.0 Å². The number of nitrogens with one attached hydrogen (secondary N) is 2. The van der Waals surface area contributed by atoms with E-state index in [1.54, 1.807) is 13.1 Å². The fourth-order valence-corrected chi connectivity index (χ4v) is 3.22. The Kier molecular flexibility index (Phi) is 6.98. The minimum absolute atomic E-state index is 0.245. The Balaban J connectivity index is 1.59. The van der Waals surface area contributed by atoms with E-state index in [4.69, 9.17) is 4.74 Å². The summed E-state index contributed by atoms with van der Waals surface area (Å²) in [6, 6.07) is 13.4. The van der Waals surface area contributed by atoms with Crippen LogP contribution < -0.4 is 15.5 Å². The lowest BCUT2D eigenvalue weighted by Gasteiger charge is -2.30. The molecule has 2 aromatic rings. The van der Waals surface area contributed by atoms with Gasteiger partial charge in [-0.15, -0.1) is 0 Å². The Morgan fingerprint density at radius 1 is 1.03 bits per heavy atom. The minimum Gasteiger partial charge on any atom is -0.378 e. The molecule has 0 aliphatic carbocycles. The van der Waals surface area contributed by atoms with Crippen LogP contribution in [0.2, 0.25) is 0 Å². The number of halogens is 3. The highest BCUT2D eigenvalue weighted by molar-refractivity contribution is 5.79. The molecule has 8 heteroatoms. The zero-order chi connectivity index (χ0) is 20.7. The molecule has 0 unspecified atom stereocenters. The first-order valence-corrected chi connectivity index (χ1v) is 9.48. The minimum atomic E-state index is -4.35. The lowest BCUT2D eigenvalue weighted by Crippen LogP contribution is -2.39. The molecular formula is C21H25F3N4O. The number of anilines is 1. The topological polar surface area (TPSA) is 48.9 Å². The molecular weight excluding hydrogens is 381 g/mol. The van der Waals surface area contributed by atoms with E-state index in [-0.39, 0.29) is 6.54 Å². The van der Waals surface area contributed by atoms with E-state index in [9.17, 15) is 13.2 Å². The molecule has 0 spiro atoms. The van der Waals surface area contributed by atoms with Crippen LogP contribution in [0.3, 0.4) is 0 Å². The van der Waals surface area contributed by atoms with Crippen molar-refractivity contribution in [1.29, 1.82) is 0 Å². The van der Waals surface area contributed by atoms with Crippen molar-refractivity contribution in [3.63, 3.8) is 0 Å². The fraction of sp³-hybridized carbons (Fsp3) is 0.381. The monoisotopic (exact) mass is 406 g/mol. The van der Waals surface area contributed by atoms with E-state index in [0.29, 0.717) is 31.3 Å². The summed E-state index contributed by atoms with van der Waals surface area (Å²) in [7, 11) is 1.63. The molecule has 1 fully saturated rings. The molecule has 0 aromatic heterocycles. The Hall–Kier alpha value is -2.74. The molecule has 29 heavy (non-hydrogen) atoms. The molecule has 2 aromatic carbocycles. The zero-order valence-electron chi connectivity index (χ0n) is 16.3. The van der Waals surface area contributed by atoms with Gasteiger partial charge in [-0.3, -0.25) is 4.99 Å². The SMILES string of the molecule is CN=C(NCc1cccc(C(F)(F)F)c1)NCc1ccccc1N1CCOCC1. The smallest absolute Gasteiger partial charge is 0.378 e. The van der Waals surface area contributed by atoms with Crippen molar-refractivity contribution in [1.82, 2.24) is 10.6 Å². The van der Waals surface area contributed by atoms with E-state index in [1.807, 2.05) is 12.1 Å². The van der Waals surface area contributed by atoms with E-state index >= 15 is 0 Å². The molecule has 1 heterocycles. The average Bonchev–Trinajstić information content (AvgIpc) is 2.74. The van der Waals surface area contributed by atoms with Crippen molar-refractivity contribution >= 4 is 11.6 Å². The summed E-state index contributed by atoms with van der Waals surface area (Å²) in [5, 5.41) is 6.31. The van der Waals surface area contributed by atoms with Crippen molar-refractivity contribution < 1.29 is 17.9 Å². The van der Waals surface area contributed by atoms with Crippen molar-refractivity contribution in [2.45, 2.75) is 19.3 Å². The lowest BCUT2D eigenvalue weighted by molar-refractivity contribution is -0.137. The number of morpholine rings is 1. The van der Waals surface area contributed by atoms with Gasteiger partial charge < -0.3 is 20.3 Å². The lowest BCUT2D eigenvalue weighted by atomic mass is 10.1. The molecule has 0 bridgehead atoms. The normalized spacial score (nSPS) is 15.3. The van der Waals surface area contributed by atoms with E-state index in [1.165, 1.54) is 6.07 Å². The predicted molar refractivity (Wildman–Crippen MR) is 108 cm³/mol. The summed E-state index contributed by atoms with van der Waals surface area (Å²) in [6.07, 6.45) is -4.35.